The van der Waals surface area contributed by atoms with Crippen molar-refractivity contribution in [2.24, 2.45) is 11.8 Å². The Morgan fingerprint density at radius 3 is 2.50 bits per heavy atom. The van der Waals surface area contributed by atoms with Gasteiger partial charge in [-0.15, -0.1) is 0 Å². The summed E-state index contributed by atoms with van der Waals surface area (Å²) in [7, 11) is 1.86. The van der Waals surface area contributed by atoms with Gasteiger partial charge in [0.2, 0.25) is 0 Å². The number of nitrogens with one attached hydrogen (secondary N) is 1. The van der Waals surface area contributed by atoms with Crippen LogP contribution in [-0.2, 0) is 0 Å². The summed E-state index contributed by atoms with van der Waals surface area (Å²) in [6, 6.07) is 10.4. The average Bonchev–Trinajstić information content (AvgIpc) is 3.06. The molecule has 0 unspecified atom stereocenters. The van der Waals surface area contributed by atoms with E-state index in [4.69, 9.17) is 0 Å². The van der Waals surface area contributed by atoms with E-state index >= 15 is 0 Å². The van der Waals surface area contributed by atoms with Gasteiger partial charge in [-0.3, -0.25) is 0 Å². The molecule has 2 aliphatic rings. The second-order valence-electron chi connectivity index (χ2n) is 7.67. The maximum Gasteiger partial charge on any atom is 0.317 e. The third kappa shape index (κ3) is 4.50. The molecule has 132 valence electrons. The van der Waals surface area contributed by atoms with Crippen molar-refractivity contribution in [3.05, 3.63) is 35.9 Å². The molecule has 0 heterocycles. The number of benzene rings is 1. The normalized spacial score (nSPS) is 25.1. The quantitative estimate of drug-likeness (QED) is 0.835. The molecule has 4 nitrogen and oxygen atoms in total. The SMILES string of the molecule is CN(CC1CC(O)C1)C(=O)N[C@H](CC1CCCC1)c1ccccc1. The molecular formula is C20H30N2O2. The lowest BCUT2D eigenvalue weighted by Crippen LogP contribution is -2.45. The molecule has 1 aromatic rings. The summed E-state index contributed by atoms with van der Waals surface area (Å²) in [6.07, 6.45) is 7.74. The summed E-state index contributed by atoms with van der Waals surface area (Å²) in [5, 5.41) is 12.7. The monoisotopic (exact) mass is 330 g/mol. The zero-order chi connectivity index (χ0) is 16.9. The molecule has 1 aromatic carbocycles. The number of rotatable bonds is 6. The fraction of sp³-hybridized carbons (Fsp3) is 0.650. The molecule has 4 heteroatoms. The maximum atomic E-state index is 12.6. The van der Waals surface area contributed by atoms with Crippen LogP contribution in [0.5, 0.6) is 0 Å². The van der Waals surface area contributed by atoms with E-state index in [1.807, 2.05) is 25.2 Å². The Balaban J connectivity index is 1.58. The van der Waals surface area contributed by atoms with E-state index in [0.717, 1.165) is 31.7 Å². The Labute approximate surface area is 145 Å². The topological polar surface area (TPSA) is 52.6 Å². The third-order valence-corrected chi connectivity index (χ3v) is 5.63. The number of hydrogen-bond donors (Lipinski definition) is 2. The first-order valence-corrected chi connectivity index (χ1v) is 9.36. The molecule has 24 heavy (non-hydrogen) atoms. The molecule has 2 N–H and O–H groups in total. The second kappa shape index (κ2) is 8.02. The summed E-state index contributed by atoms with van der Waals surface area (Å²) in [4.78, 5) is 14.4. The van der Waals surface area contributed by atoms with Crippen molar-refractivity contribution < 1.29 is 9.90 Å². The number of amides is 2. The number of urea groups is 1. The van der Waals surface area contributed by atoms with Crippen molar-refractivity contribution in [1.29, 1.82) is 0 Å². The molecular weight excluding hydrogens is 300 g/mol. The van der Waals surface area contributed by atoms with Gasteiger partial charge >= 0.3 is 6.03 Å². The van der Waals surface area contributed by atoms with Crippen molar-refractivity contribution in [3.63, 3.8) is 0 Å². The minimum absolute atomic E-state index is 0.00300. The van der Waals surface area contributed by atoms with Crippen LogP contribution in [0.4, 0.5) is 4.79 Å². The van der Waals surface area contributed by atoms with E-state index in [1.54, 1.807) is 4.90 Å². The van der Waals surface area contributed by atoms with Crippen molar-refractivity contribution in [1.82, 2.24) is 10.2 Å². The fourth-order valence-electron chi connectivity index (χ4n) is 4.12. The lowest BCUT2D eigenvalue weighted by atomic mass is 9.82. The standard InChI is InChI=1S/C20H30N2O2/c1-22(14-16-11-18(23)12-16)20(24)21-19(13-15-7-5-6-8-15)17-9-3-2-4-10-17/h2-4,9-10,15-16,18-19,23H,5-8,11-14H2,1H3,(H,21,24)/t16?,18?,19-/m1/s1. The Morgan fingerprint density at radius 1 is 1.21 bits per heavy atom. The molecule has 0 spiro atoms. The number of aliphatic hydroxyl groups excluding tert-OH is 1. The van der Waals surface area contributed by atoms with Gasteiger partial charge in [-0.25, -0.2) is 4.79 Å². The van der Waals surface area contributed by atoms with Gasteiger partial charge in [-0.1, -0.05) is 56.0 Å². The molecule has 2 amide bonds. The first kappa shape index (κ1) is 17.3. The van der Waals surface area contributed by atoms with Gasteiger partial charge < -0.3 is 15.3 Å². The lowest BCUT2D eigenvalue weighted by Gasteiger charge is -2.35. The second-order valence-corrected chi connectivity index (χ2v) is 7.67. The predicted molar refractivity (Wildman–Crippen MR) is 95.7 cm³/mol. The van der Waals surface area contributed by atoms with Crippen LogP contribution < -0.4 is 5.32 Å². The zero-order valence-corrected chi connectivity index (χ0v) is 14.7. The highest BCUT2D eigenvalue weighted by molar-refractivity contribution is 5.74. The molecule has 2 aliphatic carbocycles. The summed E-state index contributed by atoms with van der Waals surface area (Å²) in [5.74, 6) is 1.17. The van der Waals surface area contributed by atoms with Gasteiger partial charge in [0.25, 0.3) is 0 Å². The Kier molecular flexibility index (Phi) is 5.77. The molecule has 0 aliphatic heterocycles. The van der Waals surface area contributed by atoms with E-state index in [-0.39, 0.29) is 18.2 Å². The molecule has 0 bridgehead atoms. The third-order valence-electron chi connectivity index (χ3n) is 5.63. The molecule has 0 saturated heterocycles. The summed E-state index contributed by atoms with van der Waals surface area (Å²) in [5.41, 5.74) is 1.20. The number of aliphatic hydroxyl groups is 1. The molecule has 1 atom stereocenters. The van der Waals surface area contributed by atoms with Crippen LogP contribution in [0.2, 0.25) is 0 Å². The van der Waals surface area contributed by atoms with Crippen molar-refractivity contribution in [3.8, 4) is 0 Å². The van der Waals surface area contributed by atoms with Crippen LogP contribution in [-0.4, -0.2) is 35.7 Å². The van der Waals surface area contributed by atoms with Crippen LogP contribution in [0, 0.1) is 11.8 Å². The largest absolute Gasteiger partial charge is 0.393 e. The van der Waals surface area contributed by atoms with Gasteiger partial charge in [0.05, 0.1) is 12.1 Å². The van der Waals surface area contributed by atoms with Gasteiger partial charge in [-0.05, 0) is 36.7 Å². The van der Waals surface area contributed by atoms with Crippen LogP contribution in [0.3, 0.4) is 0 Å². The van der Waals surface area contributed by atoms with E-state index in [0.29, 0.717) is 5.92 Å². The van der Waals surface area contributed by atoms with Crippen molar-refractivity contribution >= 4 is 6.03 Å². The lowest BCUT2D eigenvalue weighted by molar-refractivity contribution is 0.0323. The number of carbonyl (C=O) groups is 1. The molecule has 2 saturated carbocycles. The zero-order valence-electron chi connectivity index (χ0n) is 14.7. The van der Waals surface area contributed by atoms with E-state index in [2.05, 4.69) is 17.4 Å². The molecule has 0 aromatic heterocycles. The maximum absolute atomic E-state index is 12.6. The molecule has 0 radical (unpaired) electrons. The first-order chi connectivity index (χ1) is 11.6. The summed E-state index contributed by atoms with van der Waals surface area (Å²) < 4.78 is 0. The summed E-state index contributed by atoms with van der Waals surface area (Å²) in [6.45, 7) is 0.730. The number of carbonyl (C=O) groups excluding carboxylic acids is 1. The van der Waals surface area contributed by atoms with Crippen LogP contribution in [0.15, 0.2) is 30.3 Å². The Bertz CT molecular complexity index is 522. The Hall–Kier alpha value is -1.55. The number of hydrogen-bond acceptors (Lipinski definition) is 2. The molecule has 2 fully saturated rings. The molecule has 3 rings (SSSR count). The van der Waals surface area contributed by atoms with E-state index in [1.165, 1.54) is 31.2 Å². The fourth-order valence-corrected chi connectivity index (χ4v) is 4.12. The van der Waals surface area contributed by atoms with E-state index < -0.39 is 0 Å². The first-order valence-electron chi connectivity index (χ1n) is 9.36. The van der Waals surface area contributed by atoms with Crippen molar-refractivity contribution in [2.45, 2.75) is 57.1 Å². The highest BCUT2D eigenvalue weighted by atomic mass is 16.3. The average molecular weight is 330 g/mol. The number of nitrogens with zero attached hydrogens (tertiary/aromatic N) is 1. The summed E-state index contributed by atoms with van der Waals surface area (Å²) >= 11 is 0. The predicted octanol–water partition coefficient (Wildman–Crippen LogP) is 3.72. The Morgan fingerprint density at radius 2 is 1.88 bits per heavy atom. The minimum Gasteiger partial charge on any atom is -0.393 e. The van der Waals surface area contributed by atoms with Gasteiger partial charge in [0, 0.05) is 13.6 Å². The van der Waals surface area contributed by atoms with Crippen LogP contribution >= 0.6 is 0 Å². The van der Waals surface area contributed by atoms with Gasteiger partial charge in [0.1, 0.15) is 0 Å². The highest BCUT2D eigenvalue weighted by Crippen LogP contribution is 2.33. The van der Waals surface area contributed by atoms with E-state index in [9.17, 15) is 9.90 Å². The van der Waals surface area contributed by atoms with Gasteiger partial charge in [-0.2, -0.15) is 0 Å². The highest BCUT2D eigenvalue weighted by Gasteiger charge is 2.30. The minimum atomic E-state index is -0.161. The van der Waals surface area contributed by atoms with Crippen molar-refractivity contribution in [2.75, 3.05) is 13.6 Å². The smallest absolute Gasteiger partial charge is 0.317 e. The van der Waals surface area contributed by atoms with Crippen LogP contribution in [0.1, 0.15) is 56.6 Å². The van der Waals surface area contributed by atoms with Gasteiger partial charge in [0.15, 0.2) is 0 Å². The van der Waals surface area contributed by atoms with Crippen LogP contribution in [0.25, 0.3) is 0 Å².